The molecule has 144 valence electrons. The molecule has 0 N–H and O–H groups in total. The standard InChI is InChI=1S/C24H38OSi/c1-2-3-4-5-9-18-26(24-10-7-6-8-11-24)19-16-22(17-20-26)21-12-14-23(25)15-13-21/h6-8,10-11,21-22H,2-5,9,12-20H2,1H3. The minimum Gasteiger partial charge on any atom is -0.300 e. The van der Waals surface area contributed by atoms with Crippen molar-refractivity contribution < 1.29 is 4.79 Å². The molecule has 3 rings (SSSR count). The Bertz CT molecular complexity index is 535. The second-order valence-corrected chi connectivity index (χ2v) is 13.7. The summed E-state index contributed by atoms with van der Waals surface area (Å²) < 4.78 is 0. The summed E-state index contributed by atoms with van der Waals surface area (Å²) in [5.74, 6) is 2.27. The lowest BCUT2D eigenvalue weighted by molar-refractivity contribution is -0.121. The fourth-order valence-electron chi connectivity index (χ4n) is 5.64. The summed E-state index contributed by atoms with van der Waals surface area (Å²) in [5, 5.41) is 1.73. The predicted molar refractivity (Wildman–Crippen MR) is 115 cm³/mol. The van der Waals surface area contributed by atoms with Crippen molar-refractivity contribution in [1.29, 1.82) is 0 Å². The lowest BCUT2D eigenvalue weighted by Gasteiger charge is -2.42. The van der Waals surface area contributed by atoms with E-state index in [9.17, 15) is 4.79 Å². The zero-order valence-corrected chi connectivity index (χ0v) is 17.8. The van der Waals surface area contributed by atoms with E-state index < -0.39 is 8.07 Å². The van der Waals surface area contributed by atoms with Gasteiger partial charge in [0, 0.05) is 12.8 Å². The zero-order valence-electron chi connectivity index (χ0n) is 16.8. The van der Waals surface area contributed by atoms with E-state index in [4.69, 9.17) is 0 Å². The SMILES string of the molecule is CCCCCCC[Si]1(c2ccccc2)CCC(C2CCC(=O)CC2)CC1. The molecule has 1 saturated heterocycles. The minimum atomic E-state index is -1.30. The quantitative estimate of drug-likeness (QED) is 0.378. The van der Waals surface area contributed by atoms with Crippen molar-refractivity contribution in [2.24, 2.45) is 11.8 Å². The van der Waals surface area contributed by atoms with Crippen molar-refractivity contribution >= 4 is 19.0 Å². The van der Waals surface area contributed by atoms with Crippen LogP contribution >= 0.6 is 0 Å². The first-order valence-corrected chi connectivity index (χ1v) is 13.9. The summed E-state index contributed by atoms with van der Waals surface area (Å²) in [5.41, 5.74) is 0. The van der Waals surface area contributed by atoms with Crippen LogP contribution in [0.1, 0.15) is 77.6 Å². The highest BCUT2D eigenvalue weighted by Gasteiger charge is 2.40. The van der Waals surface area contributed by atoms with Crippen LogP contribution in [0.5, 0.6) is 0 Å². The van der Waals surface area contributed by atoms with E-state index in [-0.39, 0.29) is 0 Å². The van der Waals surface area contributed by atoms with Gasteiger partial charge in [0.15, 0.2) is 0 Å². The molecule has 0 unspecified atom stereocenters. The molecule has 2 heteroatoms. The molecule has 0 amide bonds. The highest BCUT2D eigenvalue weighted by molar-refractivity contribution is 6.92. The summed E-state index contributed by atoms with van der Waals surface area (Å²) in [6.07, 6.45) is 14.0. The fraction of sp³-hybridized carbons (Fsp3) is 0.708. The molecule has 26 heavy (non-hydrogen) atoms. The number of ketones is 1. The van der Waals surface area contributed by atoms with Gasteiger partial charge in [-0.15, -0.1) is 0 Å². The molecule has 0 spiro atoms. The lowest BCUT2D eigenvalue weighted by Crippen LogP contribution is -2.50. The van der Waals surface area contributed by atoms with Gasteiger partial charge in [-0.2, -0.15) is 0 Å². The maximum atomic E-state index is 11.6. The van der Waals surface area contributed by atoms with Crippen molar-refractivity contribution in [3.63, 3.8) is 0 Å². The third-order valence-electron chi connectivity index (χ3n) is 7.39. The van der Waals surface area contributed by atoms with Gasteiger partial charge in [0.1, 0.15) is 5.78 Å². The maximum absolute atomic E-state index is 11.6. The van der Waals surface area contributed by atoms with Gasteiger partial charge in [0.25, 0.3) is 0 Å². The average molecular weight is 371 g/mol. The Morgan fingerprint density at radius 1 is 0.846 bits per heavy atom. The molecule has 1 aromatic carbocycles. The number of carbonyl (C=O) groups excluding carboxylic acids is 1. The Labute approximate surface area is 162 Å². The number of Topliss-reactive ketones (excluding diaryl/α,β-unsaturated/α-hetero) is 1. The molecule has 1 nitrogen and oxygen atoms in total. The molecule has 0 bridgehead atoms. The second-order valence-electron chi connectivity index (χ2n) is 9.02. The summed E-state index contributed by atoms with van der Waals surface area (Å²) in [7, 11) is -1.30. The first-order chi connectivity index (χ1) is 12.7. The van der Waals surface area contributed by atoms with Crippen LogP contribution in [0.15, 0.2) is 30.3 Å². The van der Waals surface area contributed by atoms with Crippen molar-refractivity contribution in [3.8, 4) is 0 Å². The average Bonchev–Trinajstić information content (AvgIpc) is 2.70. The molecular formula is C24H38OSi. The third kappa shape index (κ3) is 5.09. The van der Waals surface area contributed by atoms with E-state index in [1.165, 1.54) is 75.9 Å². The molecule has 1 aliphatic carbocycles. The normalized spacial score (nSPS) is 27.6. The molecule has 0 radical (unpaired) electrons. The zero-order chi connectivity index (χ0) is 18.2. The summed E-state index contributed by atoms with van der Waals surface area (Å²) in [6.45, 7) is 2.31. The van der Waals surface area contributed by atoms with E-state index in [0.29, 0.717) is 5.78 Å². The Kier molecular flexibility index (Phi) is 7.54. The number of benzene rings is 1. The van der Waals surface area contributed by atoms with Crippen LogP contribution in [0.2, 0.25) is 18.1 Å². The third-order valence-corrected chi connectivity index (χ3v) is 12.7. The van der Waals surface area contributed by atoms with Crippen molar-refractivity contribution in [3.05, 3.63) is 30.3 Å². The highest BCUT2D eigenvalue weighted by Crippen LogP contribution is 2.42. The smallest absolute Gasteiger partial charge is 0.132 e. The molecule has 1 aliphatic heterocycles. The van der Waals surface area contributed by atoms with Crippen LogP contribution < -0.4 is 5.19 Å². The molecule has 1 saturated carbocycles. The fourth-order valence-corrected chi connectivity index (χ4v) is 10.9. The van der Waals surface area contributed by atoms with E-state index in [1.807, 2.05) is 0 Å². The molecule has 1 aromatic rings. The molecule has 0 aromatic heterocycles. The monoisotopic (exact) mass is 370 g/mol. The van der Waals surface area contributed by atoms with Gasteiger partial charge in [0.2, 0.25) is 0 Å². The lowest BCUT2D eigenvalue weighted by atomic mass is 9.77. The van der Waals surface area contributed by atoms with E-state index in [0.717, 1.165) is 24.7 Å². The first-order valence-electron chi connectivity index (χ1n) is 11.3. The summed E-state index contributed by atoms with van der Waals surface area (Å²) >= 11 is 0. The highest BCUT2D eigenvalue weighted by atomic mass is 28.3. The second kappa shape index (κ2) is 9.87. The summed E-state index contributed by atoms with van der Waals surface area (Å²) in [4.78, 5) is 11.6. The predicted octanol–water partition coefficient (Wildman–Crippen LogP) is 6.48. The number of unbranched alkanes of at least 4 members (excludes halogenated alkanes) is 4. The van der Waals surface area contributed by atoms with Crippen LogP contribution in [0.25, 0.3) is 0 Å². The number of rotatable bonds is 8. The Hall–Kier alpha value is -0.893. The van der Waals surface area contributed by atoms with E-state index in [1.54, 1.807) is 5.19 Å². The largest absolute Gasteiger partial charge is 0.300 e. The van der Waals surface area contributed by atoms with Crippen LogP contribution in [-0.2, 0) is 4.79 Å². The van der Waals surface area contributed by atoms with Gasteiger partial charge in [-0.1, -0.05) is 106 Å². The van der Waals surface area contributed by atoms with Crippen molar-refractivity contribution in [1.82, 2.24) is 0 Å². The maximum Gasteiger partial charge on any atom is 0.132 e. The van der Waals surface area contributed by atoms with Gasteiger partial charge in [-0.05, 0) is 24.7 Å². The van der Waals surface area contributed by atoms with Crippen molar-refractivity contribution in [2.75, 3.05) is 0 Å². The van der Waals surface area contributed by atoms with Gasteiger partial charge < -0.3 is 0 Å². The van der Waals surface area contributed by atoms with Gasteiger partial charge in [-0.3, -0.25) is 4.79 Å². The number of hydrogen-bond acceptors (Lipinski definition) is 1. The van der Waals surface area contributed by atoms with Gasteiger partial charge in [0.05, 0.1) is 8.07 Å². The molecule has 1 heterocycles. The minimum absolute atomic E-state index is 0.511. The molecule has 2 aliphatic rings. The Morgan fingerprint density at radius 2 is 1.46 bits per heavy atom. The van der Waals surface area contributed by atoms with Crippen LogP contribution in [-0.4, -0.2) is 13.9 Å². The van der Waals surface area contributed by atoms with Crippen molar-refractivity contribution in [2.45, 2.75) is 95.7 Å². The molecular weight excluding hydrogens is 332 g/mol. The number of hydrogen-bond donors (Lipinski definition) is 0. The topological polar surface area (TPSA) is 17.1 Å². The Balaban J connectivity index is 1.60. The molecule has 2 fully saturated rings. The molecule has 0 atom stereocenters. The van der Waals surface area contributed by atoms with E-state index in [2.05, 4.69) is 37.3 Å². The first kappa shape index (κ1) is 19.9. The van der Waals surface area contributed by atoms with E-state index >= 15 is 0 Å². The van der Waals surface area contributed by atoms with Gasteiger partial charge in [-0.25, -0.2) is 0 Å². The number of carbonyl (C=O) groups is 1. The van der Waals surface area contributed by atoms with Crippen LogP contribution in [0.3, 0.4) is 0 Å². The Morgan fingerprint density at radius 3 is 2.12 bits per heavy atom. The summed E-state index contributed by atoms with van der Waals surface area (Å²) in [6, 6.07) is 16.1. The van der Waals surface area contributed by atoms with Crippen LogP contribution in [0.4, 0.5) is 0 Å². The van der Waals surface area contributed by atoms with Crippen LogP contribution in [0, 0.1) is 11.8 Å². The van der Waals surface area contributed by atoms with Gasteiger partial charge >= 0.3 is 0 Å².